The maximum absolute atomic E-state index is 12.0. The maximum atomic E-state index is 12.0. The van der Waals surface area contributed by atoms with Crippen LogP contribution >= 0.6 is 0 Å². The summed E-state index contributed by atoms with van der Waals surface area (Å²) in [4.78, 5) is 44.4. The average molecular weight is 419 g/mol. The van der Waals surface area contributed by atoms with E-state index in [0.29, 0.717) is 23.2 Å². The Labute approximate surface area is 179 Å². The van der Waals surface area contributed by atoms with Gasteiger partial charge in [-0.25, -0.2) is 9.97 Å². The molecule has 0 radical (unpaired) electrons. The van der Waals surface area contributed by atoms with Crippen LogP contribution in [0, 0.1) is 5.41 Å². The lowest BCUT2D eigenvalue weighted by Crippen LogP contribution is -2.72. The monoisotopic (exact) mass is 419 g/mol. The third-order valence-corrected chi connectivity index (χ3v) is 6.17. The molecule has 2 aliphatic heterocycles. The Kier molecular flexibility index (Phi) is 4.70. The highest BCUT2D eigenvalue weighted by molar-refractivity contribution is 5.92. The Balaban J connectivity index is 1.17. The lowest BCUT2D eigenvalue weighted by atomic mass is 9.72. The summed E-state index contributed by atoms with van der Waals surface area (Å²) in [5, 5.41) is 2.59. The van der Waals surface area contributed by atoms with Gasteiger partial charge < -0.3 is 15.2 Å². The number of hydrogen-bond donors (Lipinski definition) is 2. The van der Waals surface area contributed by atoms with Gasteiger partial charge in [-0.3, -0.25) is 19.5 Å². The second-order valence-corrected chi connectivity index (χ2v) is 8.54. The number of pyridine rings is 2. The van der Waals surface area contributed by atoms with Crippen LogP contribution in [0.3, 0.4) is 0 Å². The zero-order chi connectivity index (χ0) is 21.6. The van der Waals surface area contributed by atoms with Gasteiger partial charge in [0.15, 0.2) is 0 Å². The van der Waals surface area contributed by atoms with Gasteiger partial charge in [0.2, 0.25) is 0 Å². The third kappa shape index (κ3) is 3.54. The fourth-order valence-corrected chi connectivity index (χ4v) is 4.62. The SMILES string of the molecule is CCc1nc2cnc(CN3CC4(C3)CN(c3ccc(C(=O)NC)nc3)C4)cc2[nH]c1=O. The summed E-state index contributed by atoms with van der Waals surface area (Å²) in [7, 11) is 1.60. The van der Waals surface area contributed by atoms with E-state index < -0.39 is 0 Å². The van der Waals surface area contributed by atoms with Gasteiger partial charge in [0.25, 0.3) is 11.5 Å². The molecule has 5 rings (SSSR count). The molecule has 0 aliphatic carbocycles. The highest BCUT2D eigenvalue weighted by atomic mass is 16.1. The van der Waals surface area contributed by atoms with Gasteiger partial charge in [0.05, 0.1) is 29.3 Å². The van der Waals surface area contributed by atoms with Crippen molar-refractivity contribution >= 4 is 22.6 Å². The Hall–Kier alpha value is -3.33. The second kappa shape index (κ2) is 7.42. The first-order valence-electron chi connectivity index (χ1n) is 10.5. The molecule has 31 heavy (non-hydrogen) atoms. The Morgan fingerprint density at radius 2 is 2.00 bits per heavy atom. The number of hydrogen-bond acceptors (Lipinski definition) is 7. The van der Waals surface area contributed by atoms with Crippen LogP contribution in [-0.4, -0.2) is 64.0 Å². The van der Waals surface area contributed by atoms with Crippen LogP contribution in [0.5, 0.6) is 0 Å². The molecular formula is C22H25N7O2. The van der Waals surface area contributed by atoms with Gasteiger partial charge in [-0.2, -0.15) is 0 Å². The summed E-state index contributed by atoms with van der Waals surface area (Å²) in [5.41, 5.74) is 4.63. The number of H-pyrrole nitrogens is 1. The highest BCUT2D eigenvalue weighted by Gasteiger charge is 2.51. The summed E-state index contributed by atoms with van der Waals surface area (Å²) in [6.07, 6.45) is 4.12. The Bertz CT molecular complexity index is 1190. The van der Waals surface area contributed by atoms with Crippen LogP contribution in [0.15, 0.2) is 35.4 Å². The number of anilines is 1. The molecule has 0 aromatic carbocycles. The van der Waals surface area contributed by atoms with Crippen LogP contribution in [-0.2, 0) is 13.0 Å². The Morgan fingerprint density at radius 3 is 2.68 bits per heavy atom. The summed E-state index contributed by atoms with van der Waals surface area (Å²) in [6.45, 7) is 6.72. The minimum atomic E-state index is -0.172. The predicted molar refractivity (Wildman–Crippen MR) is 117 cm³/mol. The van der Waals surface area contributed by atoms with Crippen LogP contribution in [0.4, 0.5) is 5.69 Å². The largest absolute Gasteiger partial charge is 0.369 e. The van der Waals surface area contributed by atoms with Crippen LogP contribution in [0.1, 0.15) is 28.8 Å². The van der Waals surface area contributed by atoms with Crippen LogP contribution in [0.2, 0.25) is 0 Å². The molecule has 2 saturated heterocycles. The summed E-state index contributed by atoms with van der Waals surface area (Å²) < 4.78 is 0. The number of fused-ring (bicyclic) bond motifs is 1. The van der Waals surface area contributed by atoms with Crippen molar-refractivity contribution in [1.82, 2.24) is 30.2 Å². The molecule has 9 nitrogen and oxygen atoms in total. The second-order valence-electron chi connectivity index (χ2n) is 8.54. The van der Waals surface area contributed by atoms with E-state index in [-0.39, 0.29) is 11.5 Å². The molecule has 160 valence electrons. The molecule has 3 aromatic rings. The van der Waals surface area contributed by atoms with E-state index in [9.17, 15) is 9.59 Å². The van der Waals surface area contributed by atoms with Crippen LogP contribution < -0.4 is 15.8 Å². The number of likely N-dealkylation sites (tertiary alicyclic amines) is 1. The minimum absolute atomic E-state index is 0.123. The van der Waals surface area contributed by atoms with E-state index in [4.69, 9.17) is 0 Å². The maximum Gasteiger partial charge on any atom is 0.270 e. The van der Waals surface area contributed by atoms with Crippen LogP contribution in [0.25, 0.3) is 11.0 Å². The first-order valence-corrected chi connectivity index (χ1v) is 10.5. The van der Waals surface area contributed by atoms with E-state index in [0.717, 1.165) is 55.1 Å². The molecule has 0 bridgehead atoms. The van der Waals surface area contributed by atoms with E-state index >= 15 is 0 Å². The van der Waals surface area contributed by atoms with Gasteiger partial charge >= 0.3 is 0 Å². The molecule has 0 unspecified atom stereocenters. The van der Waals surface area contributed by atoms with Gasteiger partial charge in [-0.15, -0.1) is 0 Å². The van der Waals surface area contributed by atoms with Crippen molar-refractivity contribution < 1.29 is 4.79 Å². The average Bonchev–Trinajstić information content (AvgIpc) is 2.73. The van der Waals surface area contributed by atoms with Gasteiger partial charge in [-0.05, 0) is 24.6 Å². The first kappa shape index (κ1) is 19.6. The molecule has 2 fully saturated rings. The molecule has 2 aliphatic rings. The molecule has 2 N–H and O–H groups in total. The molecule has 0 atom stereocenters. The number of amides is 1. The molecule has 1 spiro atoms. The minimum Gasteiger partial charge on any atom is -0.369 e. The number of carbonyl (C=O) groups excluding carboxylic acids is 1. The van der Waals surface area contributed by atoms with Crippen molar-refractivity contribution in [2.24, 2.45) is 5.41 Å². The molecular weight excluding hydrogens is 394 g/mol. The van der Waals surface area contributed by atoms with E-state index in [1.165, 1.54) is 0 Å². The van der Waals surface area contributed by atoms with E-state index in [1.807, 2.05) is 19.1 Å². The summed E-state index contributed by atoms with van der Waals surface area (Å²) >= 11 is 0. The quantitative estimate of drug-likeness (QED) is 0.634. The highest BCUT2D eigenvalue weighted by Crippen LogP contribution is 2.42. The molecule has 3 aromatic heterocycles. The zero-order valence-electron chi connectivity index (χ0n) is 17.7. The molecule has 0 saturated carbocycles. The Morgan fingerprint density at radius 1 is 1.19 bits per heavy atom. The number of aromatic nitrogens is 4. The van der Waals surface area contributed by atoms with Crippen molar-refractivity contribution in [2.45, 2.75) is 19.9 Å². The zero-order valence-corrected chi connectivity index (χ0v) is 17.7. The number of aromatic amines is 1. The first-order chi connectivity index (χ1) is 15.0. The standard InChI is InChI=1S/C22H25N7O2/c1-3-16-21(31)27-18-6-14(24-8-19(18)26-16)9-28-10-22(11-28)12-29(13-22)15-4-5-17(25-7-15)20(30)23-2/h4-8H,3,9-13H2,1-2H3,(H,23,30)(H,27,31). The number of aryl methyl sites for hydroxylation is 1. The van der Waals surface area contributed by atoms with Gasteiger partial charge in [-0.1, -0.05) is 6.92 Å². The van der Waals surface area contributed by atoms with Crippen molar-refractivity contribution in [3.63, 3.8) is 0 Å². The summed E-state index contributed by atoms with van der Waals surface area (Å²) in [5.74, 6) is -0.172. The lowest BCUT2D eigenvalue weighted by molar-refractivity contribution is -0.0280. The van der Waals surface area contributed by atoms with Gasteiger partial charge in [0.1, 0.15) is 16.9 Å². The third-order valence-electron chi connectivity index (χ3n) is 6.17. The molecule has 1 amide bonds. The number of nitrogens with zero attached hydrogens (tertiary/aromatic N) is 5. The van der Waals surface area contributed by atoms with Crippen molar-refractivity contribution in [2.75, 3.05) is 38.1 Å². The number of nitrogens with one attached hydrogen (secondary N) is 2. The van der Waals surface area contributed by atoms with Gasteiger partial charge in [0, 0.05) is 45.2 Å². The topological polar surface area (TPSA) is 107 Å². The van der Waals surface area contributed by atoms with Crippen molar-refractivity contribution in [3.8, 4) is 0 Å². The number of rotatable bonds is 5. The smallest absolute Gasteiger partial charge is 0.270 e. The normalized spacial score (nSPS) is 17.4. The molecule has 5 heterocycles. The predicted octanol–water partition coefficient (Wildman–Crippen LogP) is 0.957. The van der Waals surface area contributed by atoms with E-state index in [1.54, 1.807) is 25.5 Å². The van der Waals surface area contributed by atoms with E-state index in [2.05, 4.69) is 35.1 Å². The molecule has 9 heteroatoms. The number of carbonyl (C=O) groups is 1. The fourth-order valence-electron chi connectivity index (χ4n) is 4.62. The fraction of sp³-hybridized carbons (Fsp3) is 0.409. The van der Waals surface area contributed by atoms with Crippen molar-refractivity contribution in [1.29, 1.82) is 0 Å². The summed E-state index contributed by atoms with van der Waals surface area (Å²) in [6, 6.07) is 5.65. The van der Waals surface area contributed by atoms with Crippen molar-refractivity contribution in [3.05, 3.63) is 58.0 Å². The lowest BCUT2D eigenvalue weighted by Gasteiger charge is -2.61.